The van der Waals surface area contributed by atoms with Gasteiger partial charge in [-0.05, 0) is 37.8 Å². The molecule has 134 valence electrons. The fourth-order valence-corrected chi connectivity index (χ4v) is 4.23. The quantitative estimate of drug-likeness (QED) is 0.687. The van der Waals surface area contributed by atoms with Gasteiger partial charge in [0, 0.05) is 31.6 Å². The zero-order chi connectivity index (χ0) is 17.9. The van der Waals surface area contributed by atoms with Crippen molar-refractivity contribution >= 4 is 34.4 Å². The van der Waals surface area contributed by atoms with Gasteiger partial charge in [0.25, 0.3) is 0 Å². The van der Waals surface area contributed by atoms with Crippen molar-refractivity contribution in [3.63, 3.8) is 0 Å². The molecule has 2 aromatic heterocycles. The van der Waals surface area contributed by atoms with Crippen LogP contribution in [0.1, 0.15) is 30.4 Å². The highest BCUT2D eigenvalue weighted by Crippen LogP contribution is 2.29. The van der Waals surface area contributed by atoms with E-state index in [1.807, 2.05) is 6.07 Å². The molecule has 1 aromatic carbocycles. The Morgan fingerprint density at radius 1 is 1.23 bits per heavy atom. The largest absolute Gasteiger partial charge is 0.370 e. The summed E-state index contributed by atoms with van der Waals surface area (Å²) in [7, 11) is 0. The van der Waals surface area contributed by atoms with Crippen LogP contribution in [0, 0.1) is 12.8 Å². The van der Waals surface area contributed by atoms with Crippen LogP contribution in [0.5, 0.6) is 0 Å². The number of aromatic nitrogens is 3. The predicted molar refractivity (Wildman–Crippen MR) is 105 cm³/mol. The Labute approximate surface area is 157 Å². The summed E-state index contributed by atoms with van der Waals surface area (Å²) in [4.78, 5) is 19.2. The summed E-state index contributed by atoms with van der Waals surface area (Å²) in [5.41, 5.74) is 5.19. The highest BCUT2D eigenvalue weighted by Gasteiger charge is 2.26. The molecule has 1 fully saturated rings. The van der Waals surface area contributed by atoms with E-state index < -0.39 is 0 Å². The van der Waals surface area contributed by atoms with Gasteiger partial charge in [-0.1, -0.05) is 29.8 Å². The van der Waals surface area contributed by atoms with Gasteiger partial charge in [-0.15, -0.1) is 0 Å². The molecule has 1 aliphatic heterocycles. The Morgan fingerprint density at radius 3 is 2.88 bits per heavy atom. The molecule has 1 aliphatic rings. The second kappa shape index (κ2) is 7.50. The van der Waals surface area contributed by atoms with Crippen molar-refractivity contribution in [2.24, 2.45) is 5.92 Å². The lowest BCUT2D eigenvalue weighted by atomic mass is 9.89. The standard InChI is InChI=1S/C20H22N4OS/c1-14-3-2-4-15(13-14)5-6-18(25)16-8-11-24(12-9-16)17-7-10-21-20-19(17)22-26-23-20/h2-4,7,10,13,16H,5-6,8-9,11-12H2,1H3. The number of hydrogen-bond acceptors (Lipinski definition) is 6. The fourth-order valence-electron chi connectivity index (χ4n) is 3.72. The third kappa shape index (κ3) is 3.60. The number of nitrogens with zero attached hydrogens (tertiary/aromatic N) is 4. The van der Waals surface area contributed by atoms with E-state index in [0.29, 0.717) is 17.9 Å². The monoisotopic (exact) mass is 366 g/mol. The van der Waals surface area contributed by atoms with Crippen molar-refractivity contribution in [2.45, 2.75) is 32.6 Å². The van der Waals surface area contributed by atoms with Crippen molar-refractivity contribution in [1.82, 2.24) is 13.7 Å². The maximum atomic E-state index is 12.6. The van der Waals surface area contributed by atoms with Crippen LogP contribution in [-0.4, -0.2) is 32.6 Å². The molecule has 6 heteroatoms. The van der Waals surface area contributed by atoms with E-state index in [0.717, 1.165) is 43.6 Å². The molecule has 0 radical (unpaired) electrons. The van der Waals surface area contributed by atoms with Crippen molar-refractivity contribution in [1.29, 1.82) is 0 Å². The Kier molecular flexibility index (Phi) is 4.93. The average Bonchev–Trinajstić information content (AvgIpc) is 3.15. The first kappa shape index (κ1) is 17.1. The average molecular weight is 366 g/mol. The van der Waals surface area contributed by atoms with E-state index in [2.05, 4.69) is 49.8 Å². The van der Waals surface area contributed by atoms with Crippen LogP contribution in [0.2, 0.25) is 0 Å². The summed E-state index contributed by atoms with van der Waals surface area (Å²) in [6, 6.07) is 10.4. The number of pyridine rings is 1. The van der Waals surface area contributed by atoms with Crippen molar-refractivity contribution < 1.29 is 4.79 Å². The van der Waals surface area contributed by atoms with Gasteiger partial charge in [-0.3, -0.25) is 4.79 Å². The van der Waals surface area contributed by atoms with E-state index in [1.165, 1.54) is 22.9 Å². The molecule has 0 saturated carbocycles. The molecule has 0 spiro atoms. The topological polar surface area (TPSA) is 59.0 Å². The number of fused-ring (bicyclic) bond motifs is 1. The molecule has 26 heavy (non-hydrogen) atoms. The molecular formula is C20H22N4OS. The van der Waals surface area contributed by atoms with Gasteiger partial charge in [0.05, 0.1) is 17.4 Å². The van der Waals surface area contributed by atoms with Gasteiger partial charge in [0.2, 0.25) is 0 Å². The second-order valence-electron chi connectivity index (χ2n) is 6.98. The number of aryl methyl sites for hydroxylation is 2. The van der Waals surface area contributed by atoms with Gasteiger partial charge in [0.15, 0.2) is 5.65 Å². The third-order valence-electron chi connectivity index (χ3n) is 5.18. The Balaban J connectivity index is 1.34. The lowest BCUT2D eigenvalue weighted by Gasteiger charge is -2.33. The molecular weight excluding hydrogens is 344 g/mol. The van der Waals surface area contributed by atoms with Crippen molar-refractivity contribution in [2.75, 3.05) is 18.0 Å². The molecule has 0 atom stereocenters. The number of Topliss-reactive ketones (excluding diaryl/α,β-unsaturated/α-hetero) is 1. The summed E-state index contributed by atoms with van der Waals surface area (Å²) in [5, 5.41) is 0. The number of benzene rings is 1. The third-order valence-corrected chi connectivity index (χ3v) is 5.70. The first-order valence-corrected chi connectivity index (χ1v) is 9.84. The van der Waals surface area contributed by atoms with E-state index in [-0.39, 0.29) is 5.92 Å². The van der Waals surface area contributed by atoms with E-state index in [9.17, 15) is 4.79 Å². The molecule has 0 bridgehead atoms. The highest BCUT2D eigenvalue weighted by molar-refractivity contribution is 7.00. The first-order chi connectivity index (χ1) is 12.7. The van der Waals surface area contributed by atoms with Crippen LogP contribution in [-0.2, 0) is 11.2 Å². The van der Waals surface area contributed by atoms with Crippen LogP contribution in [0.4, 0.5) is 5.69 Å². The van der Waals surface area contributed by atoms with Crippen LogP contribution >= 0.6 is 11.7 Å². The maximum Gasteiger partial charge on any atom is 0.195 e. The minimum absolute atomic E-state index is 0.182. The van der Waals surface area contributed by atoms with E-state index in [4.69, 9.17) is 0 Å². The fraction of sp³-hybridized carbons (Fsp3) is 0.400. The predicted octanol–water partition coefficient (Wildman–Crippen LogP) is 3.81. The normalized spacial score (nSPS) is 15.5. The SMILES string of the molecule is Cc1cccc(CCC(=O)C2CCN(c3ccnc4nsnc34)CC2)c1. The number of ketones is 1. The molecule has 3 heterocycles. The Bertz CT molecular complexity index is 915. The zero-order valence-electron chi connectivity index (χ0n) is 14.9. The van der Waals surface area contributed by atoms with Gasteiger partial charge in [-0.25, -0.2) is 4.98 Å². The lowest BCUT2D eigenvalue weighted by Crippen LogP contribution is -2.36. The molecule has 4 rings (SSSR count). The summed E-state index contributed by atoms with van der Waals surface area (Å²) in [6.07, 6.45) is 5.10. The summed E-state index contributed by atoms with van der Waals surface area (Å²) >= 11 is 1.20. The van der Waals surface area contributed by atoms with Crippen LogP contribution < -0.4 is 4.90 Å². The molecule has 0 N–H and O–H groups in total. The zero-order valence-corrected chi connectivity index (χ0v) is 15.7. The molecule has 3 aromatic rings. The smallest absolute Gasteiger partial charge is 0.195 e. The number of rotatable bonds is 5. The molecule has 0 unspecified atom stereocenters. The number of carbonyl (C=O) groups is 1. The number of carbonyl (C=O) groups excluding carboxylic acids is 1. The van der Waals surface area contributed by atoms with Gasteiger partial charge < -0.3 is 4.90 Å². The minimum atomic E-state index is 0.182. The second-order valence-corrected chi connectivity index (χ2v) is 7.51. The van der Waals surface area contributed by atoms with Crippen LogP contribution in [0.3, 0.4) is 0 Å². The van der Waals surface area contributed by atoms with Crippen LogP contribution in [0.15, 0.2) is 36.5 Å². The minimum Gasteiger partial charge on any atom is -0.370 e. The maximum absolute atomic E-state index is 12.6. The van der Waals surface area contributed by atoms with Crippen molar-refractivity contribution in [3.05, 3.63) is 47.7 Å². The lowest BCUT2D eigenvalue weighted by molar-refractivity contribution is -0.123. The Morgan fingerprint density at radius 2 is 2.08 bits per heavy atom. The summed E-state index contributed by atoms with van der Waals surface area (Å²) in [5.74, 6) is 0.586. The highest BCUT2D eigenvalue weighted by atomic mass is 32.1. The van der Waals surface area contributed by atoms with Gasteiger partial charge in [0.1, 0.15) is 11.3 Å². The van der Waals surface area contributed by atoms with E-state index >= 15 is 0 Å². The Hall–Kier alpha value is -2.34. The molecule has 0 aliphatic carbocycles. The number of piperidine rings is 1. The summed E-state index contributed by atoms with van der Waals surface area (Å²) < 4.78 is 8.59. The molecule has 5 nitrogen and oxygen atoms in total. The number of anilines is 1. The number of hydrogen-bond donors (Lipinski definition) is 0. The molecule has 1 saturated heterocycles. The van der Waals surface area contributed by atoms with Gasteiger partial charge >= 0.3 is 0 Å². The van der Waals surface area contributed by atoms with Crippen LogP contribution in [0.25, 0.3) is 11.2 Å². The molecule has 0 amide bonds. The summed E-state index contributed by atoms with van der Waals surface area (Å²) in [6.45, 7) is 3.87. The van der Waals surface area contributed by atoms with Gasteiger partial charge in [-0.2, -0.15) is 8.75 Å². The first-order valence-electron chi connectivity index (χ1n) is 9.11. The van der Waals surface area contributed by atoms with E-state index in [1.54, 1.807) is 6.20 Å². The van der Waals surface area contributed by atoms with Crippen molar-refractivity contribution in [3.8, 4) is 0 Å².